The van der Waals surface area contributed by atoms with E-state index < -0.39 is 6.10 Å². The number of halogens is 1. The number of carbonyl (C=O) groups is 1. The van der Waals surface area contributed by atoms with E-state index in [4.69, 9.17) is 0 Å². The molecule has 2 N–H and O–H groups in total. The number of hydrogen-bond donors (Lipinski definition) is 2. The van der Waals surface area contributed by atoms with Crippen LogP contribution in [-0.4, -0.2) is 23.7 Å². The lowest BCUT2D eigenvalue weighted by Crippen LogP contribution is -2.34. The Labute approximate surface area is 117 Å². The van der Waals surface area contributed by atoms with Crippen LogP contribution in [0.1, 0.15) is 37.6 Å². The van der Waals surface area contributed by atoms with Gasteiger partial charge in [0.2, 0.25) is 0 Å². The first-order valence-corrected chi connectivity index (χ1v) is 6.79. The SMILES string of the molecule is CC(C)(C)CC(O)CNC(=O)c1ccc(Br)cc1. The second kappa shape index (κ2) is 6.34. The largest absolute Gasteiger partial charge is 0.391 e. The van der Waals surface area contributed by atoms with Crippen molar-refractivity contribution in [3.63, 3.8) is 0 Å². The van der Waals surface area contributed by atoms with Gasteiger partial charge in [0.15, 0.2) is 0 Å². The van der Waals surface area contributed by atoms with Gasteiger partial charge in [-0.1, -0.05) is 36.7 Å². The third kappa shape index (κ3) is 5.65. The quantitative estimate of drug-likeness (QED) is 0.897. The van der Waals surface area contributed by atoms with E-state index in [9.17, 15) is 9.90 Å². The van der Waals surface area contributed by atoms with E-state index in [1.165, 1.54) is 0 Å². The average Bonchev–Trinajstić information content (AvgIpc) is 2.24. The van der Waals surface area contributed by atoms with Crippen LogP contribution in [0, 0.1) is 5.41 Å². The van der Waals surface area contributed by atoms with E-state index in [1.54, 1.807) is 12.1 Å². The first-order valence-electron chi connectivity index (χ1n) is 6.00. The lowest BCUT2D eigenvalue weighted by molar-refractivity contribution is 0.0868. The Morgan fingerprint density at radius 3 is 2.39 bits per heavy atom. The molecule has 0 aromatic heterocycles. The first-order chi connectivity index (χ1) is 8.28. The molecule has 4 heteroatoms. The van der Waals surface area contributed by atoms with Crippen molar-refractivity contribution in [2.45, 2.75) is 33.3 Å². The normalized spacial score (nSPS) is 13.2. The summed E-state index contributed by atoms with van der Waals surface area (Å²) in [6.45, 7) is 6.47. The molecule has 0 aliphatic heterocycles. The molecular formula is C14H20BrNO2. The van der Waals surface area contributed by atoms with Crippen LogP contribution in [0.3, 0.4) is 0 Å². The van der Waals surface area contributed by atoms with Crippen molar-refractivity contribution in [2.24, 2.45) is 5.41 Å². The predicted molar refractivity (Wildman–Crippen MR) is 76.6 cm³/mol. The van der Waals surface area contributed by atoms with Gasteiger partial charge in [0.25, 0.3) is 5.91 Å². The number of hydrogen-bond acceptors (Lipinski definition) is 2. The molecule has 1 unspecified atom stereocenters. The number of amides is 1. The van der Waals surface area contributed by atoms with Crippen LogP contribution in [0.15, 0.2) is 28.7 Å². The molecule has 0 saturated heterocycles. The smallest absolute Gasteiger partial charge is 0.251 e. The summed E-state index contributed by atoms with van der Waals surface area (Å²) in [5.41, 5.74) is 0.656. The first kappa shape index (κ1) is 15.2. The molecule has 18 heavy (non-hydrogen) atoms. The summed E-state index contributed by atoms with van der Waals surface area (Å²) >= 11 is 3.32. The second-order valence-electron chi connectivity index (χ2n) is 5.64. The molecule has 3 nitrogen and oxygen atoms in total. The monoisotopic (exact) mass is 313 g/mol. The maximum absolute atomic E-state index is 11.8. The van der Waals surface area contributed by atoms with Crippen molar-refractivity contribution < 1.29 is 9.90 Å². The maximum atomic E-state index is 11.8. The van der Waals surface area contributed by atoms with E-state index in [-0.39, 0.29) is 17.9 Å². The van der Waals surface area contributed by atoms with E-state index in [1.807, 2.05) is 12.1 Å². The Bertz CT molecular complexity index is 395. The van der Waals surface area contributed by atoms with E-state index >= 15 is 0 Å². The molecule has 0 heterocycles. The van der Waals surface area contributed by atoms with Crippen LogP contribution in [0.4, 0.5) is 0 Å². The standard InChI is InChI=1S/C14H20BrNO2/c1-14(2,3)8-12(17)9-16-13(18)10-4-6-11(15)7-5-10/h4-7,12,17H,8-9H2,1-3H3,(H,16,18). The van der Waals surface area contributed by atoms with Crippen LogP contribution < -0.4 is 5.32 Å². The number of benzene rings is 1. The highest BCUT2D eigenvalue weighted by Crippen LogP contribution is 2.20. The topological polar surface area (TPSA) is 49.3 Å². The minimum atomic E-state index is -0.510. The van der Waals surface area contributed by atoms with Gasteiger partial charge >= 0.3 is 0 Å². The summed E-state index contributed by atoms with van der Waals surface area (Å²) in [5.74, 6) is -0.157. The average molecular weight is 314 g/mol. The lowest BCUT2D eigenvalue weighted by atomic mass is 9.89. The maximum Gasteiger partial charge on any atom is 0.251 e. The fourth-order valence-corrected chi connectivity index (χ4v) is 1.96. The number of rotatable bonds is 4. The highest BCUT2D eigenvalue weighted by molar-refractivity contribution is 9.10. The molecule has 100 valence electrons. The van der Waals surface area contributed by atoms with Crippen molar-refractivity contribution in [1.82, 2.24) is 5.32 Å². The van der Waals surface area contributed by atoms with Gasteiger partial charge in [-0.15, -0.1) is 0 Å². The van der Waals surface area contributed by atoms with Gasteiger partial charge in [0, 0.05) is 16.6 Å². The zero-order valence-electron chi connectivity index (χ0n) is 11.0. The molecular weight excluding hydrogens is 294 g/mol. The highest BCUT2D eigenvalue weighted by Gasteiger charge is 2.17. The number of carbonyl (C=O) groups excluding carboxylic acids is 1. The zero-order valence-corrected chi connectivity index (χ0v) is 12.6. The molecule has 0 aliphatic carbocycles. The molecule has 1 aromatic rings. The predicted octanol–water partition coefficient (Wildman–Crippen LogP) is 2.98. The summed E-state index contributed by atoms with van der Waals surface area (Å²) in [6, 6.07) is 7.13. The third-order valence-electron chi connectivity index (χ3n) is 2.45. The van der Waals surface area contributed by atoms with Gasteiger partial charge in [-0.2, -0.15) is 0 Å². The van der Waals surface area contributed by atoms with Crippen LogP contribution in [0.5, 0.6) is 0 Å². The minimum absolute atomic E-state index is 0.0573. The van der Waals surface area contributed by atoms with Crippen LogP contribution >= 0.6 is 15.9 Å². The Hall–Kier alpha value is -0.870. The van der Waals surface area contributed by atoms with Crippen molar-refractivity contribution in [2.75, 3.05) is 6.54 Å². The fraction of sp³-hybridized carbons (Fsp3) is 0.500. The Kier molecular flexibility index (Phi) is 5.35. The Balaban J connectivity index is 2.44. The van der Waals surface area contributed by atoms with Crippen LogP contribution in [-0.2, 0) is 0 Å². The van der Waals surface area contributed by atoms with Gasteiger partial charge in [-0.05, 0) is 36.1 Å². The Morgan fingerprint density at radius 1 is 1.33 bits per heavy atom. The molecule has 0 aliphatic rings. The molecule has 0 radical (unpaired) electrons. The lowest BCUT2D eigenvalue weighted by Gasteiger charge is -2.22. The molecule has 1 amide bonds. The van der Waals surface area contributed by atoms with Crippen molar-refractivity contribution in [3.05, 3.63) is 34.3 Å². The van der Waals surface area contributed by atoms with Crippen LogP contribution in [0.2, 0.25) is 0 Å². The summed E-state index contributed by atoms with van der Waals surface area (Å²) in [7, 11) is 0. The number of aliphatic hydroxyl groups excluding tert-OH is 1. The highest BCUT2D eigenvalue weighted by atomic mass is 79.9. The van der Waals surface area contributed by atoms with Gasteiger partial charge in [0.1, 0.15) is 0 Å². The summed E-state index contributed by atoms with van der Waals surface area (Å²) in [4.78, 5) is 11.8. The number of aliphatic hydroxyl groups is 1. The molecule has 1 aromatic carbocycles. The summed E-state index contributed by atoms with van der Waals surface area (Å²) < 4.78 is 0.937. The van der Waals surface area contributed by atoms with Gasteiger partial charge < -0.3 is 10.4 Å². The summed E-state index contributed by atoms with van der Waals surface area (Å²) in [5, 5.41) is 12.5. The van der Waals surface area contributed by atoms with Gasteiger partial charge in [-0.3, -0.25) is 4.79 Å². The fourth-order valence-electron chi connectivity index (χ4n) is 1.69. The number of nitrogens with one attached hydrogen (secondary N) is 1. The van der Waals surface area contributed by atoms with E-state index in [2.05, 4.69) is 42.0 Å². The minimum Gasteiger partial charge on any atom is -0.391 e. The van der Waals surface area contributed by atoms with E-state index in [0.29, 0.717) is 12.0 Å². The Morgan fingerprint density at radius 2 is 1.89 bits per heavy atom. The third-order valence-corrected chi connectivity index (χ3v) is 2.98. The van der Waals surface area contributed by atoms with Gasteiger partial charge in [0.05, 0.1) is 6.10 Å². The van der Waals surface area contributed by atoms with Crippen molar-refractivity contribution in [3.8, 4) is 0 Å². The molecule has 0 bridgehead atoms. The second-order valence-corrected chi connectivity index (χ2v) is 6.55. The molecule has 0 fully saturated rings. The van der Waals surface area contributed by atoms with Crippen molar-refractivity contribution >= 4 is 21.8 Å². The molecule has 1 rings (SSSR count). The molecule has 1 atom stereocenters. The molecule has 0 saturated carbocycles. The summed E-state index contributed by atoms with van der Waals surface area (Å²) in [6.07, 6.45) is 0.151. The van der Waals surface area contributed by atoms with Gasteiger partial charge in [-0.25, -0.2) is 0 Å². The van der Waals surface area contributed by atoms with E-state index in [0.717, 1.165) is 4.47 Å². The zero-order chi connectivity index (χ0) is 13.8. The van der Waals surface area contributed by atoms with Crippen molar-refractivity contribution in [1.29, 1.82) is 0 Å². The molecule has 0 spiro atoms. The van der Waals surface area contributed by atoms with Crippen LogP contribution in [0.25, 0.3) is 0 Å².